The molecule has 2 nitrogen and oxygen atoms in total. The summed E-state index contributed by atoms with van der Waals surface area (Å²) in [6, 6.07) is 0. The van der Waals surface area contributed by atoms with Crippen molar-refractivity contribution in [1.82, 2.24) is 9.80 Å². The van der Waals surface area contributed by atoms with E-state index in [1.807, 2.05) is 13.8 Å². The van der Waals surface area contributed by atoms with Crippen LogP contribution in [-0.4, -0.2) is 37.0 Å². The van der Waals surface area contributed by atoms with E-state index in [0.29, 0.717) is 0 Å². The van der Waals surface area contributed by atoms with Crippen LogP contribution in [0.2, 0.25) is 0 Å². The lowest BCUT2D eigenvalue weighted by molar-refractivity contribution is 0.277. The molecule has 0 aromatic heterocycles. The molecule has 0 fully saturated rings. The first-order valence-electron chi connectivity index (χ1n) is 5.43. The summed E-state index contributed by atoms with van der Waals surface area (Å²) >= 11 is 0. The minimum absolute atomic E-state index is 1.23. The van der Waals surface area contributed by atoms with Crippen LogP contribution in [0.25, 0.3) is 0 Å². The Labute approximate surface area is 82.2 Å². The molecule has 0 saturated heterocycles. The van der Waals surface area contributed by atoms with Crippen LogP contribution >= 0.6 is 0 Å². The Morgan fingerprint density at radius 3 is 2.15 bits per heavy atom. The van der Waals surface area contributed by atoms with Crippen LogP contribution in [0, 0.1) is 0 Å². The predicted octanol–water partition coefficient (Wildman–Crippen LogP) is 2.29. The van der Waals surface area contributed by atoms with Crippen molar-refractivity contribution < 1.29 is 0 Å². The molecule has 0 saturated carbocycles. The molecule has 0 amide bonds. The highest BCUT2D eigenvalue weighted by molar-refractivity contribution is 5.19. The molecule has 13 heavy (non-hydrogen) atoms. The Bertz CT molecular complexity index is 196. The highest BCUT2D eigenvalue weighted by atomic mass is 15.3. The van der Waals surface area contributed by atoms with Crippen LogP contribution in [-0.2, 0) is 0 Å². The summed E-state index contributed by atoms with van der Waals surface area (Å²) in [6.45, 7) is 6.47. The molecular weight excluding hydrogens is 160 g/mol. The lowest BCUT2D eigenvalue weighted by Gasteiger charge is -2.31. The molecule has 0 aromatic carbocycles. The third-order valence-corrected chi connectivity index (χ3v) is 2.76. The van der Waals surface area contributed by atoms with Gasteiger partial charge in [0.05, 0.1) is 0 Å². The standard InChI is InChI=1S/C9H16N2.C2H6/c1-10-6-3-4-8-5-7-11(2)9(8)10;1-2/h3-7H2,1-2H3;1-2H3. The van der Waals surface area contributed by atoms with Gasteiger partial charge in [-0.05, 0) is 24.8 Å². The van der Waals surface area contributed by atoms with Gasteiger partial charge in [-0.25, -0.2) is 0 Å². The highest BCUT2D eigenvalue weighted by Gasteiger charge is 2.24. The molecule has 0 bridgehead atoms. The second-order valence-electron chi connectivity index (χ2n) is 3.62. The van der Waals surface area contributed by atoms with Gasteiger partial charge in [-0.3, -0.25) is 0 Å². The zero-order valence-electron chi connectivity index (χ0n) is 9.43. The van der Waals surface area contributed by atoms with Crippen molar-refractivity contribution >= 4 is 0 Å². The van der Waals surface area contributed by atoms with Crippen molar-refractivity contribution in [2.24, 2.45) is 0 Å². The van der Waals surface area contributed by atoms with E-state index in [-0.39, 0.29) is 0 Å². The third kappa shape index (κ3) is 1.98. The maximum atomic E-state index is 2.39. The lowest BCUT2D eigenvalue weighted by atomic mass is 10.1. The predicted molar refractivity (Wildman–Crippen MR) is 57.5 cm³/mol. The maximum absolute atomic E-state index is 2.39. The van der Waals surface area contributed by atoms with E-state index in [9.17, 15) is 0 Å². The van der Waals surface area contributed by atoms with Gasteiger partial charge in [0.25, 0.3) is 0 Å². The Hall–Kier alpha value is -0.660. The number of rotatable bonds is 0. The van der Waals surface area contributed by atoms with Crippen molar-refractivity contribution in [2.75, 3.05) is 27.2 Å². The van der Waals surface area contributed by atoms with E-state index >= 15 is 0 Å². The second-order valence-corrected chi connectivity index (χ2v) is 3.62. The zero-order chi connectivity index (χ0) is 9.84. The first-order chi connectivity index (χ1) is 6.29. The third-order valence-electron chi connectivity index (χ3n) is 2.76. The minimum atomic E-state index is 1.23. The summed E-state index contributed by atoms with van der Waals surface area (Å²) in [5, 5.41) is 0. The molecule has 76 valence electrons. The SMILES string of the molecule is CC.CN1CCCC2=C1N(C)CC2. The van der Waals surface area contributed by atoms with Crippen LogP contribution in [0.4, 0.5) is 0 Å². The molecule has 0 aliphatic carbocycles. The maximum Gasteiger partial charge on any atom is 0.103 e. The summed E-state index contributed by atoms with van der Waals surface area (Å²) in [5.41, 5.74) is 1.68. The molecule has 2 heteroatoms. The van der Waals surface area contributed by atoms with E-state index in [1.165, 1.54) is 38.2 Å². The minimum Gasteiger partial charge on any atom is -0.361 e. The summed E-state index contributed by atoms with van der Waals surface area (Å²) < 4.78 is 0. The lowest BCUT2D eigenvalue weighted by Crippen LogP contribution is -2.30. The van der Waals surface area contributed by atoms with Crippen LogP contribution < -0.4 is 0 Å². The fourth-order valence-corrected chi connectivity index (χ4v) is 2.22. The summed E-state index contributed by atoms with van der Waals surface area (Å²) in [4.78, 5) is 4.78. The van der Waals surface area contributed by atoms with Gasteiger partial charge in [0.1, 0.15) is 5.82 Å². The van der Waals surface area contributed by atoms with Gasteiger partial charge < -0.3 is 9.80 Å². The molecule has 0 aromatic rings. The highest BCUT2D eigenvalue weighted by Crippen LogP contribution is 2.30. The van der Waals surface area contributed by atoms with Gasteiger partial charge in [-0.1, -0.05) is 13.8 Å². The van der Waals surface area contributed by atoms with Crippen molar-refractivity contribution in [3.8, 4) is 0 Å². The Morgan fingerprint density at radius 2 is 1.54 bits per heavy atom. The molecule has 0 spiro atoms. The fourth-order valence-electron chi connectivity index (χ4n) is 2.22. The van der Waals surface area contributed by atoms with Gasteiger partial charge >= 0.3 is 0 Å². The van der Waals surface area contributed by atoms with Crippen molar-refractivity contribution in [3.63, 3.8) is 0 Å². The second kappa shape index (κ2) is 4.54. The van der Waals surface area contributed by atoms with E-state index < -0.39 is 0 Å². The van der Waals surface area contributed by atoms with Crippen LogP contribution in [0.5, 0.6) is 0 Å². The molecule has 2 aliphatic rings. The topological polar surface area (TPSA) is 6.48 Å². The van der Waals surface area contributed by atoms with Crippen molar-refractivity contribution in [3.05, 3.63) is 11.4 Å². The van der Waals surface area contributed by atoms with Crippen molar-refractivity contribution in [2.45, 2.75) is 33.1 Å². The van der Waals surface area contributed by atoms with E-state index in [2.05, 4.69) is 23.9 Å². The molecule has 0 N–H and O–H groups in total. The smallest absolute Gasteiger partial charge is 0.103 e. The van der Waals surface area contributed by atoms with Crippen LogP contribution in [0.1, 0.15) is 33.1 Å². The Morgan fingerprint density at radius 1 is 0.923 bits per heavy atom. The summed E-state index contributed by atoms with van der Waals surface area (Å²) in [5.74, 6) is 1.51. The monoisotopic (exact) mass is 182 g/mol. The zero-order valence-corrected chi connectivity index (χ0v) is 9.43. The largest absolute Gasteiger partial charge is 0.361 e. The number of hydrogen-bond acceptors (Lipinski definition) is 2. The molecule has 0 unspecified atom stereocenters. The average Bonchev–Trinajstić information content (AvgIpc) is 2.53. The van der Waals surface area contributed by atoms with Gasteiger partial charge in [0, 0.05) is 27.2 Å². The molecule has 2 heterocycles. The van der Waals surface area contributed by atoms with E-state index in [0.717, 1.165) is 0 Å². The van der Waals surface area contributed by atoms with Gasteiger partial charge in [0.2, 0.25) is 0 Å². The Kier molecular flexibility index (Phi) is 3.64. The first-order valence-corrected chi connectivity index (χ1v) is 5.43. The molecular formula is C11H22N2. The summed E-state index contributed by atoms with van der Waals surface area (Å²) in [7, 11) is 4.40. The van der Waals surface area contributed by atoms with Crippen LogP contribution in [0.3, 0.4) is 0 Å². The quantitative estimate of drug-likeness (QED) is 0.567. The van der Waals surface area contributed by atoms with Gasteiger partial charge in [-0.15, -0.1) is 0 Å². The number of nitrogens with zero attached hydrogens (tertiary/aromatic N) is 2. The molecule has 2 aliphatic heterocycles. The molecule has 0 atom stereocenters. The van der Waals surface area contributed by atoms with E-state index in [4.69, 9.17) is 0 Å². The average molecular weight is 182 g/mol. The van der Waals surface area contributed by atoms with E-state index in [1.54, 1.807) is 5.57 Å². The molecule has 2 rings (SSSR count). The number of hydrogen-bond donors (Lipinski definition) is 0. The van der Waals surface area contributed by atoms with Crippen molar-refractivity contribution in [1.29, 1.82) is 0 Å². The molecule has 0 radical (unpaired) electrons. The first kappa shape index (κ1) is 10.4. The van der Waals surface area contributed by atoms with Crippen LogP contribution in [0.15, 0.2) is 11.4 Å². The normalized spacial score (nSPS) is 21.2. The van der Waals surface area contributed by atoms with Gasteiger partial charge in [-0.2, -0.15) is 0 Å². The van der Waals surface area contributed by atoms with Gasteiger partial charge in [0.15, 0.2) is 0 Å². The fraction of sp³-hybridized carbons (Fsp3) is 0.818. The Balaban J connectivity index is 0.000000396. The summed E-state index contributed by atoms with van der Waals surface area (Å²) in [6.07, 6.45) is 3.99.